The van der Waals surface area contributed by atoms with Crippen LogP contribution in [0.15, 0.2) is 69.8 Å². The molecule has 0 bridgehead atoms. The van der Waals surface area contributed by atoms with Gasteiger partial charge in [-0.1, -0.05) is 6.07 Å². The Morgan fingerprint density at radius 3 is 2.49 bits per heavy atom. The minimum absolute atomic E-state index is 0.489. The molecule has 7 rings (SSSR count). The zero-order chi connectivity index (χ0) is 26.5. The molecule has 9 nitrogen and oxygen atoms in total. The molecule has 194 valence electrons. The van der Waals surface area contributed by atoms with Gasteiger partial charge in [-0.15, -0.1) is 0 Å². The van der Waals surface area contributed by atoms with Crippen molar-refractivity contribution in [1.29, 1.82) is 0 Å². The molecule has 0 saturated carbocycles. The molecule has 0 fully saturated rings. The first-order chi connectivity index (χ1) is 19.0. The van der Waals surface area contributed by atoms with Crippen LogP contribution in [-0.2, 0) is 13.0 Å². The van der Waals surface area contributed by atoms with Crippen molar-refractivity contribution >= 4 is 16.9 Å². The number of H-pyrrole nitrogens is 1. The maximum Gasteiger partial charge on any atom is 0.198 e. The topological polar surface area (TPSA) is 106 Å². The van der Waals surface area contributed by atoms with Gasteiger partial charge >= 0.3 is 0 Å². The Labute approximate surface area is 224 Å². The molecule has 0 aliphatic carbocycles. The largest absolute Gasteiger partial charge is 0.497 e. The molecule has 1 aliphatic heterocycles. The van der Waals surface area contributed by atoms with Gasteiger partial charge in [0.1, 0.15) is 34.2 Å². The molecule has 6 aromatic rings. The van der Waals surface area contributed by atoms with Gasteiger partial charge < -0.3 is 23.5 Å². The van der Waals surface area contributed by atoms with Gasteiger partial charge in [0.05, 0.1) is 13.4 Å². The second-order valence-corrected chi connectivity index (χ2v) is 9.71. The van der Waals surface area contributed by atoms with E-state index in [2.05, 4.69) is 38.1 Å². The van der Waals surface area contributed by atoms with Crippen LogP contribution in [-0.4, -0.2) is 38.6 Å². The fourth-order valence-corrected chi connectivity index (χ4v) is 5.07. The molecule has 0 spiro atoms. The van der Waals surface area contributed by atoms with Crippen LogP contribution < -0.4 is 9.64 Å². The highest BCUT2D eigenvalue weighted by molar-refractivity contribution is 5.89. The highest BCUT2D eigenvalue weighted by atomic mass is 16.5. The van der Waals surface area contributed by atoms with Crippen LogP contribution in [0.3, 0.4) is 0 Å². The SMILES string of the molecule is COc1cc(-c2nc(-c3ccc(C)o3)nc3nc[nH]c23)cc(N2CCc3nc(-c4ccc(C)o4)ccc3C2)c1. The number of aromatic nitrogens is 5. The molecule has 0 atom stereocenters. The van der Waals surface area contributed by atoms with Crippen LogP contribution in [0.2, 0.25) is 0 Å². The molecule has 9 heteroatoms. The molecule has 0 radical (unpaired) electrons. The monoisotopic (exact) mass is 518 g/mol. The number of nitrogens with zero attached hydrogens (tertiary/aromatic N) is 5. The third kappa shape index (κ3) is 4.21. The average molecular weight is 519 g/mol. The Bertz CT molecular complexity index is 1830. The lowest BCUT2D eigenvalue weighted by molar-refractivity contribution is 0.415. The number of hydrogen-bond donors (Lipinski definition) is 1. The summed E-state index contributed by atoms with van der Waals surface area (Å²) in [5, 5.41) is 0. The predicted octanol–water partition coefficient (Wildman–Crippen LogP) is 6.12. The van der Waals surface area contributed by atoms with Crippen molar-refractivity contribution in [3.05, 3.63) is 83.7 Å². The highest BCUT2D eigenvalue weighted by Crippen LogP contribution is 2.35. The van der Waals surface area contributed by atoms with Crippen molar-refractivity contribution < 1.29 is 13.6 Å². The molecular weight excluding hydrogens is 492 g/mol. The average Bonchev–Trinajstić information content (AvgIpc) is 3.72. The molecule has 0 unspecified atom stereocenters. The van der Waals surface area contributed by atoms with E-state index in [4.69, 9.17) is 23.5 Å². The number of furan rings is 2. The molecule has 5 aromatic heterocycles. The molecule has 0 saturated heterocycles. The maximum atomic E-state index is 5.81. The molecule has 39 heavy (non-hydrogen) atoms. The van der Waals surface area contributed by atoms with Crippen LogP contribution in [0.25, 0.3) is 45.5 Å². The van der Waals surface area contributed by atoms with E-state index in [-0.39, 0.29) is 0 Å². The van der Waals surface area contributed by atoms with Gasteiger partial charge in [0.2, 0.25) is 0 Å². The molecule has 0 amide bonds. The Morgan fingerprint density at radius 2 is 1.72 bits per heavy atom. The van der Waals surface area contributed by atoms with Gasteiger partial charge in [-0.3, -0.25) is 0 Å². The number of rotatable bonds is 5. The fourth-order valence-electron chi connectivity index (χ4n) is 5.07. The van der Waals surface area contributed by atoms with Crippen molar-refractivity contribution in [2.24, 2.45) is 0 Å². The number of aryl methyl sites for hydroxylation is 2. The van der Waals surface area contributed by atoms with E-state index in [1.165, 1.54) is 5.56 Å². The quantitative estimate of drug-likeness (QED) is 0.291. The number of aromatic amines is 1. The lowest BCUT2D eigenvalue weighted by Gasteiger charge is -2.31. The fraction of sp³-hybridized carbons (Fsp3) is 0.200. The van der Waals surface area contributed by atoms with Gasteiger partial charge in [-0.05, 0) is 61.9 Å². The number of pyridine rings is 1. The highest BCUT2D eigenvalue weighted by Gasteiger charge is 2.22. The summed E-state index contributed by atoms with van der Waals surface area (Å²) in [6, 6.07) is 18.1. The van der Waals surface area contributed by atoms with E-state index in [1.807, 2.05) is 50.2 Å². The molecular formula is C30H26N6O3. The summed E-state index contributed by atoms with van der Waals surface area (Å²) < 4.78 is 17.3. The van der Waals surface area contributed by atoms with Gasteiger partial charge in [-0.25, -0.2) is 19.9 Å². The Balaban J connectivity index is 1.26. The van der Waals surface area contributed by atoms with E-state index >= 15 is 0 Å². The van der Waals surface area contributed by atoms with Crippen molar-refractivity contribution in [3.8, 4) is 40.0 Å². The summed E-state index contributed by atoms with van der Waals surface area (Å²) in [6.07, 6.45) is 2.46. The third-order valence-electron chi connectivity index (χ3n) is 7.05. The zero-order valence-electron chi connectivity index (χ0n) is 21.9. The van der Waals surface area contributed by atoms with E-state index in [0.29, 0.717) is 17.2 Å². The number of methoxy groups -OCH3 is 1. The lowest BCUT2D eigenvalue weighted by Crippen LogP contribution is -2.31. The van der Waals surface area contributed by atoms with Crippen LogP contribution >= 0.6 is 0 Å². The molecule has 1 aromatic carbocycles. The number of nitrogens with one attached hydrogen (secondary N) is 1. The lowest BCUT2D eigenvalue weighted by atomic mass is 10.0. The minimum atomic E-state index is 0.489. The first-order valence-corrected chi connectivity index (χ1v) is 12.8. The molecule has 6 heterocycles. The van der Waals surface area contributed by atoms with E-state index < -0.39 is 0 Å². The van der Waals surface area contributed by atoms with Crippen LogP contribution in [0, 0.1) is 13.8 Å². The summed E-state index contributed by atoms with van der Waals surface area (Å²) in [5.41, 5.74) is 7.19. The Kier molecular flexibility index (Phi) is 5.43. The summed E-state index contributed by atoms with van der Waals surface area (Å²) >= 11 is 0. The Morgan fingerprint density at radius 1 is 0.897 bits per heavy atom. The van der Waals surface area contributed by atoms with Crippen LogP contribution in [0.5, 0.6) is 5.75 Å². The summed E-state index contributed by atoms with van der Waals surface area (Å²) in [4.78, 5) is 24.4. The number of benzene rings is 1. The number of ether oxygens (including phenoxy) is 1. The Hall–Kier alpha value is -4.92. The summed E-state index contributed by atoms with van der Waals surface area (Å²) in [5.74, 6) is 4.32. The number of anilines is 1. The molecule has 1 N–H and O–H groups in total. The van der Waals surface area contributed by atoms with Gasteiger partial charge in [-0.2, -0.15) is 0 Å². The second kappa shape index (κ2) is 9.13. The first kappa shape index (κ1) is 23.2. The zero-order valence-corrected chi connectivity index (χ0v) is 21.9. The van der Waals surface area contributed by atoms with Crippen molar-refractivity contribution in [2.75, 3.05) is 18.6 Å². The summed E-state index contributed by atoms with van der Waals surface area (Å²) in [7, 11) is 1.68. The number of fused-ring (bicyclic) bond motifs is 2. The van der Waals surface area contributed by atoms with Crippen molar-refractivity contribution in [3.63, 3.8) is 0 Å². The minimum Gasteiger partial charge on any atom is -0.497 e. The second-order valence-electron chi connectivity index (χ2n) is 9.71. The first-order valence-electron chi connectivity index (χ1n) is 12.8. The maximum absolute atomic E-state index is 5.81. The number of imidazole rings is 1. The van der Waals surface area contributed by atoms with E-state index in [9.17, 15) is 0 Å². The van der Waals surface area contributed by atoms with E-state index in [1.54, 1.807) is 13.4 Å². The van der Waals surface area contributed by atoms with Crippen molar-refractivity contribution in [1.82, 2.24) is 24.9 Å². The van der Waals surface area contributed by atoms with Gasteiger partial charge in [0.15, 0.2) is 23.0 Å². The predicted molar refractivity (Wildman–Crippen MR) is 148 cm³/mol. The van der Waals surface area contributed by atoms with Crippen LogP contribution in [0.4, 0.5) is 5.69 Å². The third-order valence-corrected chi connectivity index (χ3v) is 7.05. The van der Waals surface area contributed by atoms with Crippen molar-refractivity contribution in [2.45, 2.75) is 26.8 Å². The van der Waals surface area contributed by atoms with Gasteiger partial charge in [0.25, 0.3) is 0 Å². The normalized spacial score (nSPS) is 13.2. The number of hydrogen-bond acceptors (Lipinski definition) is 8. The molecule has 1 aliphatic rings. The van der Waals surface area contributed by atoms with Gasteiger partial charge in [0, 0.05) is 42.5 Å². The van der Waals surface area contributed by atoms with Crippen LogP contribution in [0.1, 0.15) is 22.8 Å². The standard InChI is InChI=1S/C30H26N6O3/c1-17-4-8-25(38-17)24-7-6-19-15-36(11-10-23(19)33-24)21-12-20(13-22(14-21)37-3)27-28-30(32-16-31-28)35-29(34-27)26-9-5-18(2)39-26/h4-9,12-14,16H,10-11,15H2,1-3H3,(H,31,32,34,35). The van der Waals surface area contributed by atoms with E-state index in [0.717, 1.165) is 76.4 Å². The summed E-state index contributed by atoms with van der Waals surface area (Å²) in [6.45, 7) is 5.41. The smallest absolute Gasteiger partial charge is 0.198 e.